The highest BCUT2D eigenvalue weighted by atomic mass is 79.9. The van der Waals surface area contributed by atoms with Crippen LogP contribution in [-0.2, 0) is 5.33 Å². The topological polar surface area (TPSA) is 3.24 Å². The van der Waals surface area contributed by atoms with Crippen molar-refractivity contribution < 1.29 is 4.39 Å². The van der Waals surface area contributed by atoms with Crippen molar-refractivity contribution in [3.8, 4) is 0 Å². The largest absolute Gasteiger partial charge is 0.371 e. The first-order valence-electron chi connectivity index (χ1n) is 4.73. The summed E-state index contributed by atoms with van der Waals surface area (Å²) < 4.78 is 13.6. The molecule has 0 bridgehead atoms. The molecule has 0 atom stereocenters. The number of alkyl halides is 1. The molecule has 1 aromatic carbocycles. The molecule has 15 heavy (non-hydrogen) atoms. The van der Waals surface area contributed by atoms with E-state index in [1.54, 1.807) is 17.8 Å². The Hall–Kier alpha value is -0.220. The lowest BCUT2D eigenvalue weighted by atomic mass is 10.2. The van der Waals surface area contributed by atoms with Crippen molar-refractivity contribution in [2.45, 2.75) is 5.33 Å². The molecule has 1 rings (SSSR count). The number of benzene rings is 1. The summed E-state index contributed by atoms with van der Waals surface area (Å²) in [7, 11) is 1.92. The molecule has 0 fully saturated rings. The molecule has 0 aromatic heterocycles. The highest BCUT2D eigenvalue weighted by Crippen LogP contribution is 2.20. The molecular weight excluding hydrogens is 277 g/mol. The summed E-state index contributed by atoms with van der Waals surface area (Å²) in [6, 6.07) is 5.37. The molecular formula is C11H15BrFNS. The number of thioether (sulfide) groups is 1. The van der Waals surface area contributed by atoms with Crippen LogP contribution in [0.5, 0.6) is 0 Å². The Morgan fingerprint density at radius 2 is 2.20 bits per heavy atom. The maximum absolute atomic E-state index is 13.6. The zero-order valence-corrected chi connectivity index (χ0v) is 11.4. The Morgan fingerprint density at radius 3 is 2.73 bits per heavy atom. The second-order valence-corrected chi connectivity index (χ2v) is 4.88. The van der Waals surface area contributed by atoms with Crippen LogP contribution in [0.2, 0.25) is 0 Å². The Kier molecular flexibility index (Phi) is 5.47. The molecule has 0 unspecified atom stereocenters. The Balaban J connectivity index is 2.76. The molecule has 0 radical (unpaired) electrons. The summed E-state index contributed by atoms with van der Waals surface area (Å²) >= 11 is 5.08. The number of hydrogen-bond acceptors (Lipinski definition) is 2. The van der Waals surface area contributed by atoms with Crippen molar-refractivity contribution in [2.75, 3.05) is 30.5 Å². The summed E-state index contributed by atoms with van der Waals surface area (Å²) in [5.74, 6) is 0.867. The molecule has 0 saturated carbocycles. The standard InChI is InChI=1S/C11H15BrFNS/c1-14(5-6-15-2)11-4-3-9(8-12)7-10(11)13/h3-4,7H,5-6,8H2,1-2H3. The monoisotopic (exact) mass is 291 g/mol. The van der Waals surface area contributed by atoms with Crippen LogP contribution in [0.1, 0.15) is 5.56 Å². The Morgan fingerprint density at radius 1 is 1.47 bits per heavy atom. The van der Waals surface area contributed by atoms with Crippen molar-refractivity contribution in [1.29, 1.82) is 0 Å². The average Bonchev–Trinajstić information content (AvgIpc) is 2.25. The summed E-state index contributed by atoms with van der Waals surface area (Å²) in [5, 5.41) is 0.693. The third kappa shape index (κ3) is 3.68. The van der Waals surface area contributed by atoms with Gasteiger partial charge in [-0.15, -0.1) is 0 Å². The maximum atomic E-state index is 13.6. The molecule has 0 spiro atoms. The highest BCUT2D eigenvalue weighted by Gasteiger charge is 2.07. The minimum atomic E-state index is -0.143. The van der Waals surface area contributed by atoms with Gasteiger partial charge in [-0.05, 0) is 24.0 Å². The third-order valence-electron chi connectivity index (χ3n) is 2.21. The molecule has 0 aliphatic rings. The van der Waals surface area contributed by atoms with E-state index < -0.39 is 0 Å². The van der Waals surface area contributed by atoms with Crippen molar-refractivity contribution in [2.24, 2.45) is 0 Å². The van der Waals surface area contributed by atoms with Gasteiger partial charge in [-0.3, -0.25) is 0 Å². The molecule has 0 N–H and O–H groups in total. The van der Waals surface area contributed by atoms with E-state index in [9.17, 15) is 4.39 Å². The van der Waals surface area contributed by atoms with E-state index in [4.69, 9.17) is 0 Å². The van der Waals surface area contributed by atoms with Crippen molar-refractivity contribution in [1.82, 2.24) is 0 Å². The summed E-state index contributed by atoms with van der Waals surface area (Å²) in [6.45, 7) is 0.867. The van der Waals surface area contributed by atoms with Gasteiger partial charge in [-0.2, -0.15) is 11.8 Å². The van der Waals surface area contributed by atoms with E-state index in [0.29, 0.717) is 11.0 Å². The average molecular weight is 292 g/mol. The molecule has 4 heteroatoms. The molecule has 0 saturated heterocycles. The SMILES string of the molecule is CSCCN(C)c1ccc(CBr)cc1F. The van der Waals surface area contributed by atoms with E-state index in [1.165, 1.54) is 0 Å². The normalized spacial score (nSPS) is 10.4. The predicted octanol–water partition coefficient (Wildman–Crippen LogP) is 3.52. The lowest BCUT2D eigenvalue weighted by molar-refractivity contribution is 0.622. The fourth-order valence-corrected chi connectivity index (χ4v) is 2.10. The lowest BCUT2D eigenvalue weighted by Crippen LogP contribution is -2.21. The first-order chi connectivity index (χ1) is 7.19. The number of halogens is 2. The predicted molar refractivity (Wildman–Crippen MR) is 70.7 cm³/mol. The van der Waals surface area contributed by atoms with Gasteiger partial charge in [0.15, 0.2) is 0 Å². The van der Waals surface area contributed by atoms with Crippen LogP contribution in [0.25, 0.3) is 0 Å². The van der Waals surface area contributed by atoms with E-state index in [1.807, 2.05) is 24.1 Å². The van der Waals surface area contributed by atoms with Gasteiger partial charge in [0.2, 0.25) is 0 Å². The van der Waals surface area contributed by atoms with Crippen LogP contribution in [-0.4, -0.2) is 25.6 Å². The van der Waals surface area contributed by atoms with Gasteiger partial charge >= 0.3 is 0 Å². The van der Waals surface area contributed by atoms with Crippen molar-refractivity contribution in [3.63, 3.8) is 0 Å². The minimum absolute atomic E-state index is 0.143. The van der Waals surface area contributed by atoms with Crippen molar-refractivity contribution in [3.05, 3.63) is 29.6 Å². The van der Waals surface area contributed by atoms with Gasteiger partial charge < -0.3 is 4.90 Å². The van der Waals surface area contributed by atoms with Gasteiger partial charge in [-0.25, -0.2) is 4.39 Å². The van der Waals surface area contributed by atoms with E-state index in [2.05, 4.69) is 22.2 Å². The number of rotatable bonds is 5. The van der Waals surface area contributed by atoms with Gasteiger partial charge in [-0.1, -0.05) is 22.0 Å². The van der Waals surface area contributed by atoms with Gasteiger partial charge in [0.05, 0.1) is 5.69 Å². The highest BCUT2D eigenvalue weighted by molar-refractivity contribution is 9.08. The fraction of sp³-hybridized carbons (Fsp3) is 0.455. The fourth-order valence-electron chi connectivity index (χ4n) is 1.29. The van der Waals surface area contributed by atoms with Crippen LogP contribution in [0.15, 0.2) is 18.2 Å². The van der Waals surface area contributed by atoms with Gasteiger partial charge in [0.1, 0.15) is 5.82 Å². The molecule has 84 valence electrons. The summed E-state index contributed by atoms with van der Waals surface area (Å²) in [6.07, 6.45) is 2.05. The number of nitrogens with zero attached hydrogens (tertiary/aromatic N) is 1. The van der Waals surface area contributed by atoms with Crippen LogP contribution in [0.3, 0.4) is 0 Å². The zero-order chi connectivity index (χ0) is 11.3. The maximum Gasteiger partial charge on any atom is 0.146 e. The van der Waals surface area contributed by atoms with Crippen LogP contribution < -0.4 is 4.90 Å². The second-order valence-electron chi connectivity index (χ2n) is 3.33. The summed E-state index contributed by atoms with van der Waals surface area (Å²) in [5.41, 5.74) is 1.64. The molecule has 0 aliphatic carbocycles. The van der Waals surface area contributed by atoms with E-state index in [-0.39, 0.29) is 5.82 Å². The zero-order valence-electron chi connectivity index (χ0n) is 8.96. The molecule has 0 aliphatic heterocycles. The minimum Gasteiger partial charge on any atom is -0.371 e. The quantitative estimate of drug-likeness (QED) is 0.764. The molecule has 0 heterocycles. The first kappa shape index (κ1) is 12.8. The smallest absolute Gasteiger partial charge is 0.146 e. The first-order valence-corrected chi connectivity index (χ1v) is 7.25. The van der Waals surface area contributed by atoms with E-state index >= 15 is 0 Å². The van der Waals surface area contributed by atoms with Gasteiger partial charge in [0.25, 0.3) is 0 Å². The van der Waals surface area contributed by atoms with Crippen LogP contribution in [0.4, 0.5) is 10.1 Å². The third-order valence-corrected chi connectivity index (χ3v) is 3.45. The Bertz CT molecular complexity index is 319. The van der Waals surface area contributed by atoms with Crippen LogP contribution in [0, 0.1) is 5.82 Å². The number of hydrogen-bond donors (Lipinski definition) is 0. The van der Waals surface area contributed by atoms with Crippen molar-refractivity contribution >= 4 is 33.4 Å². The molecule has 1 aromatic rings. The lowest BCUT2D eigenvalue weighted by Gasteiger charge is -2.19. The van der Waals surface area contributed by atoms with Gasteiger partial charge in [0, 0.05) is 24.7 Å². The second kappa shape index (κ2) is 6.38. The number of anilines is 1. The van der Waals surface area contributed by atoms with E-state index in [0.717, 1.165) is 17.9 Å². The molecule has 1 nitrogen and oxygen atoms in total. The molecule has 0 amide bonds. The summed E-state index contributed by atoms with van der Waals surface area (Å²) in [4.78, 5) is 1.95. The Labute approximate surface area is 103 Å². The van der Waals surface area contributed by atoms with Crippen LogP contribution >= 0.6 is 27.7 Å².